The van der Waals surface area contributed by atoms with Gasteiger partial charge in [-0.05, 0) is 38.2 Å². The van der Waals surface area contributed by atoms with Crippen molar-refractivity contribution in [3.8, 4) is 5.75 Å². The van der Waals surface area contributed by atoms with E-state index in [0.29, 0.717) is 24.5 Å². The van der Waals surface area contributed by atoms with Gasteiger partial charge in [0.05, 0.1) is 11.9 Å². The summed E-state index contributed by atoms with van der Waals surface area (Å²) in [5, 5.41) is 0. The van der Waals surface area contributed by atoms with Crippen LogP contribution in [-0.4, -0.2) is 76.8 Å². The Morgan fingerprint density at radius 2 is 1.71 bits per heavy atom. The van der Waals surface area contributed by atoms with Gasteiger partial charge in [-0.15, -0.1) is 0 Å². The van der Waals surface area contributed by atoms with Crippen LogP contribution >= 0.6 is 0 Å². The minimum atomic E-state index is -3.30. The molecule has 1 aromatic carbocycles. The number of benzene rings is 1. The number of hydrogen-bond donors (Lipinski definition) is 0. The number of amides is 1. The number of carbonyl (C=O) groups excluding carboxylic acids is 1. The van der Waals surface area contributed by atoms with Crippen molar-refractivity contribution >= 4 is 21.6 Å². The van der Waals surface area contributed by atoms with Crippen molar-refractivity contribution in [1.82, 2.24) is 9.80 Å². The molecule has 2 rings (SSSR count). The van der Waals surface area contributed by atoms with E-state index in [-0.39, 0.29) is 5.91 Å². The first-order chi connectivity index (χ1) is 11.2. The van der Waals surface area contributed by atoms with E-state index in [1.165, 1.54) is 11.4 Å². The molecule has 1 atom stereocenters. The summed E-state index contributed by atoms with van der Waals surface area (Å²) in [5.74, 6) is 0.510. The van der Waals surface area contributed by atoms with Crippen molar-refractivity contribution in [2.45, 2.75) is 13.0 Å². The van der Waals surface area contributed by atoms with Crippen molar-refractivity contribution in [3.05, 3.63) is 24.3 Å². The van der Waals surface area contributed by atoms with Gasteiger partial charge in [-0.2, -0.15) is 0 Å². The van der Waals surface area contributed by atoms with E-state index < -0.39 is 16.1 Å². The number of carbonyl (C=O) groups is 1. The molecule has 1 amide bonds. The Morgan fingerprint density at radius 3 is 2.21 bits per heavy atom. The number of piperazine rings is 1. The molecule has 0 unspecified atom stereocenters. The van der Waals surface area contributed by atoms with Gasteiger partial charge in [0.2, 0.25) is 10.0 Å². The molecule has 0 N–H and O–H groups in total. The Labute approximate surface area is 143 Å². The average molecular weight is 355 g/mol. The van der Waals surface area contributed by atoms with E-state index in [1.807, 2.05) is 11.9 Å². The second-order valence-corrected chi connectivity index (χ2v) is 8.13. The lowest BCUT2D eigenvalue weighted by atomic mass is 10.2. The third-order valence-electron chi connectivity index (χ3n) is 4.17. The van der Waals surface area contributed by atoms with Crippen LogP contribution in [0.25, 0.3) is 0 Å². The lowest BCUT2D eigenvalue weighted by Crippen LogP contribution is -2.50. The number of nitrogens with zero attached hydrogens (tertiary/aromatic N) is 3. The van der Waals surface area contributed by atoms with E-state index >= 15 is 0 Å². The van der Waals surface area contributed by atoms with E-state index in [0.717, 1.165) is 19.3 Å². The summed E-state index contributed by atoms with van der Waals surface area (Å²) in [7, 11) is 0.233. The maximum absolute atomic E-state index is 12.4. The normalized spacial score (nSPS) is 17.4. The number of sulfonamides is 1. The molecule has 7 nitrogen and oxygen atoms in total. The predicted molar refractivity (Wildman–Crippen MR) is 93.9 cm³/mol. The Hall–Kier alpha value is -1.80. The highest BCUT2D eigenvalue weighted by Crippen LogP contribution is 2.21. The lowest BCUT2D eigenvalue weighted by molar-refractivity contribution is -0.139. The summed E-state index contributed by atoms with van der Waals surface area (Å²) in [6.07, 6.45) is 0.570. The second kappa shape index (κ2) is 7.40. The standard InChI is InChI=1S/C16H25N3O4S/c1-13(16(20)19-11-9-17(2)10-12-19)23-15-7-5-14(6-8-15)18(3)24(4,21)22/h5-8,13H,9-12H2,1-4H3/t13-/m0/s1. The summed E-state index contributed by atoms with van der Waals surface area (Å²) in [6.45, 7) is 4.88. The van der Waals surface area contributed by atoms with Crippen molar-refractivity contribution in [2.24, 2.45) is 0 Å². The zero-order valence-electron chi connectivity index (χ0n) is 14.6. The topological polar surface area (TPSA) is 70.2 Å². The van der Waals surface area contributed by atoms with Gasteiger partial charge in [0.15, 0.2) is 6.10 Å². The van der Waals surface area contributed by atoms with Crippen LogP contribution in [0.3, 0.4) is 0 Å². The van der Waals surface area contributed by atoms with Crippen LogP contribution in [0.4, 0.5) is 5.69 Å². The largest absolute Gasteiger partial charge is 0.481 e. The van der Waals surface area contributed by atoms with Crippen LogP contribution in [0.5, 0.6) is 5.75 Å². The number of likely N-dealkylation sites (N-methyl/N-ethyl adjacent to an activating group) is 1. The monoisotopic (exact) mass is 355 g/mol. The minimum absolute atomic E-state index is 0.0274. The van der Waals surface area contributed by atoms with Crippen LogP contribution in [0.15, 0.2) is 24.3 Å². The third-order valence-corrected chi connectivity index (χ3v) is 5.38. The quantitative estimate of drug-likeness (QED) is 0.775. The Morgan fingerprint density at radius 1 is 1.17 bits per heavy atom. The second-order valence-electron chi connectivity index (χ2n) is 6.11. The first kappa shape index (κ1) is 18.5. The van der Waals surface area contributed by atoms with Gasteiger partial charge in [0, 0.05) is 33.2 Å². The summed E-state index contributed by atoms with van der Waals surface area (Å²) in [6, 6.07) is 6.66. The molecular weight excluding hydrogens is 330 g/mol. The predicted octanol–water partition coefficient (Wildman–Crippen LogP) is 0.624. The van der Waals surface area contributed by atoms with Gasteiger partial charge < -0.3 is 14.5 Å². The fourth-order valence-corrected chi connectivity index (χ4v) is 2.97. The molecule has 0 bridgehead atoms. The zero-order valence-corrected chi connectivity index (χ0v) is 15.4. The smallest absolute Gasteiger partial charge is 0.263 e. The van der Waals surface area contributed by atoms with Gasteiger partial charge in [0.1, 0.15) is 5.75 Å². The molecule has 1 fully saturated rings. The van der Waals surface area contributed by atoms with E-state index in [4.69, 9.17) is 4.74 Å². The zero-order chi connectivity index (χ0) is 17.9. The molecule has 1 saturated heterocycles. The van der Waals surface area contributed by atoms with Crippen LogP contribution in [-0.2, 0) is 14.8 Å². The highest BCUT2D eigenvalue weighted by atomic mass is 32.2. The molecule has 0 aromatic heterocycles. The molecule has 1 aliphatic rings. The number of rotatable bonds is 5. The molecule has 1 aliphatic heterocycles. The van der Waals surface area contributed by atoms with Crippen molar-refractivity contribution in [3.63, 3.8) is 0 Å². The number of anilines is 1. The lowest BCUT2D eigenvalue weighted by Gasteiger charge is -2.33. The molecule has 0 saturated carbocycles. The van der Waals surface area contributed by atoms with Gasteiger partial charge in [-0.1, -0.05) is 0 Å². The first-order valence-corrected chi connectivity index (χ1v) is 9.71. The highest BCUT2D eigenvalue weighted by Gasteiger charge is 2.25. The van der Waals surface area contributed by atoms with Crippen LogP contribution in [0, 0.1) is 0 Å². The van der Waals surface area contributed by atoms with Gasteiger partial charge in [-0.3, -0.25) is 9.10 Å². The Kier molecular flexibility index (Phi) is 5.71. The highest BCUT2D eigenvalue weighted by molar-refractivity contribution is 7.92. The maximum atomic E-state index is 12.4. The van der Waals surface area contributed by atoms with E-state index in [9.17, 15) is 13.2 Å². The van der Waals surface area contributed by atoms with E-state index in [1.54, 1.807) is 31.2 Å². The van der Waals surface area contributed by atoms with Crippen molar-refractivity contribution < 1.29 is 17.9 Å². The van der Waals surface area contributed by atoms with E-state index in [2.05, 4.69) is 4.90 Å². The summed E-state index contributed by atoms with van der Waals surface area (Å²) in [4.78, 5) is 16.4. The number of hydrogen-bond acceptors (Lipinski definition) is 5. The summed E-state index contributed by atoms with van der Waals surface area (Å²) >= 11 is 0. The van der Waals surface area contributed by atoms with Gasteiger partial charge >= 0.3 is 0 Å². The first-order valence-electron chi connectivity index (χ1n) is 7.86. The SMILES string of the molecule is C[C@H](Oc1ccc(N(C)S(C)(=O)=O)cc1)C(=O)N1CCN(C)CC1. The third kappa shape index (κ3) is 4.61. The minimum Gasteiger partial charge on any atom is -0.481 e. The van der Waals surface area contributed by atoms with Crippen LogP contribution in [0.2, 0.25) is 0 Å². The Bertz CT molecular complexity index is 667. The van der Waals surface area contributed by atoms with Gasteiger partial charge in [-0.25, -0.2) is 8.42 Å². The summed E-state index contributed by atoms with van der Waals surface area (Å²) in [5.41, 5.74) is 0.544. The fraction of sp³-hybridized carbons (Fsp3) is 0.562. The molecule has 1 aromatic rings. The molecule has 0 aliphatic carbocycles. The molecular formula is C16H25N3O4S. The summed E-state index contributed by atoms with van der Waals surface area (Å²) < 4.78 is 29.9. The molecule has 0 spiro atoms. The molecule has 1 heterocycles. The molecule has 0 radical (unpaired) electrons. The number of ether oxygens (including phenoxy) is 1. The van der Waals surface area contributed by atoms with Crippen LogP contribution < -0.4 is 9.04 Å². The average Bonchev–Trinajstić information content (AvgIpc) is 2.54. The molecule has 134 valence electrons. The fourth-order valence-electron chi connectivity index (χ4n) is 2.46. The molecule has 8 heteroatoms. The molecule has 24 heavy (non-hydrogen) atoms. The van der Waals surface area contributed by atoms with Crippen LogP contribution in [0.1, 0.15) is 6.92 Å². The Balaban J connectivity index is 1.96. The maximum Gasteiger partial charge on any atom is 0.263 e. The van der Waals surface area contributed by atoms with Crippen molar-refractivity contribution in [2.75, 3.05) is 50.8 Å². The van der Waals surface area contributed by atoms with Crippen molar-refractivity contribution in [1.29, 1.82) is 0 Å². The van der Waals surface area contributed by atoms with Gasteiger partial charge in [0.25, 0.3) is 5.91 Å².